The molecule has 1 fully saturated rings. The van der Waals surface area contributed by atoms with Crippen molar-refractivity contribution in [3.05, 3.63) is 65.7 Å². The van der Waals surface area contributed by atoms with Crippen molar-refractivity contribution < 1.29 is 25.4 Å². The number of carbonyl (C=O) groups is 1. The number of phenols is 1. The van der Waals surface area contributed by atoms with Crippen molar-refractivity contribution >= 4 is 5.97 Å². The molecule has 2 aromatic carbocycles. The van der Waals surface area contributed by atoms with Crippen LogP contribution in [-0.4, -0.2) is 36.2 Å². The van der Waals surface area contributed by atoms with Gasteiger partial charge in [-0.3, -0.25) is 0 Å². The molecule has 0 saturated carbocycles. The van der Waals surface area contributed by atoms with Gasteiger partial charge >= 0.3 is 0 Å². The lowest BCUT2D eigenvalue weighted by atomic mass is 9.68. The minimum absolute atomic E-state index is 0. The third-order valence-electron chi connectivity index (χ3n) is 6.38. The van der Waals surface area contributed by atoms with Gasteiger partial charge in [0.05, 0.1) is 31.5 Å². The van der Waals surface area contributed by atoms with Gasteiger partial charge in [0.15, 0.2) is 0 Å². The first-order valence-corrected chi connectivity index (χ1v) is 9.76. The number of benzene rings is 2. The maximum atomic E-state index is 11.7. The average Bonchev–Trinajstić information content (AvgIpc) is 2.65. The highest BCUT2D eigenvalue weighted by Crippen LogP contribution is 2.37. The standard InChI is InChI=1S/C23H29NO3.H2O/c1-17-15-24(12-11-23(17,2)20-9-6-10-21(25)14-20)16-19(22(26)27)13-18-7-4-3-5-8-18;/h3-10,14,17,19,25H,11-13,15-16H2,1-2H3,(H,26,27);1H2/t17-,19-,23+;/m1./s1. The van der Waals surface area contributed by atoms with E-state index >= 15 is 0 Å². The van der Waals surface area contributed by atoms with Crippen molar-refractivity contribution in [3.8, 4) is 5.75 Å². The van der Waals surface area contributed by atoms with Crippen LogP contribution in [-0.2, 0) is 16.6 Å². The number of carboxylic acids is 1. The van der Waals surface area contributed by atoms with Gasteiger partial charge in [-0.1, -0.05) is 56.3 Å². The van der Waals surface area contributed by atoms with Crippen molar-refractivity contribution in [1.82, 2.24) is 0 Å². The predicted octanol–water partition coefficient (Wildman–Crippen LogP) is 0.359. The lowest BCUT2D eigenvalue weighted by molar-refractivity contribution is -0.913. The van der Waals surface area contributed by atoms with Crippen molar-refractivity contribution in [3.63, 3.8) is 0 Å². The highest BCUT2D eigenvalue weighted by atomic mass is 16.4. The van der Waals surface area contributed by atoms with Crippen LogP contribution >= 0.6 is 0 Å². The van der Waals surface area contributed by atoms with Crippen LogP contribution in [0.25, 0.3) is 0 Å². The molecule has 3 rings (SSSR count). The molecule has 1 saturated heterocycles. The highest BCUT2D eigenvalue weighted by Gasteiger charge is 2.41. The van der Waals surface area contributed by atoms with Gasteiger partial charge in [0, 0.05) is 17.8 Å². The zero-order valence-corrected chi connectivity index (χ0v) is 16.7. The first-order valence-electron chi connectivity index (χ1n) is 9.76. The van der Waals surface area contributed by atoms with Crippen molar-refractivity contribution in [2.75, 3.05) is 19.6 Å². The SMILES string of the molecule is C[C@@H]1C[NH+](C[C@@H](Cc2ccccc2)C(=O)[O-])CC[C@]1(C)c1cccc(O)c1.O. The molecule has 1 aliphatic rings. The van der Waals surface area contributed by atoms with Gasteiger partial charge in [-0.05, 0) is 29.7 Å². The maximum Gasteiger partial charge on any atom is 0.115 e. The fraction of sp³-hybridized carbons (Fsp3) is 0.435. The Hall–Kier alpha value is -2.37. The minimum Gasteiger partial charge on any atom is -0.550 e. The molecule has 0 bridgehead atoms. The summed E-state index contributed by atoms with van der Waals surface area (Å²) in [6.45, 7) is 6.93. The molecule has 5 heteroatoms. The highest BCUT2D eigenvalue weighted by molar-refractivity contribution is 5.68. The van der Waals surface area contributed by atoms with E-state index in [-0.39, 0.29) is 10.9 Å². The third kappa shape index (κ3) is 4.91. The van der Waals surface area contributed by atoms with Crippen LogP contribution in [0.1, 0.15) is 31.4 Å². The van der Waals surface area contributed by atoms with E-state index in [1.165, 1.54) is 4.90 Å². The van der Waals surface area contributed by atoms with Crippen LogP contribution in [0.4, 0.5) is 0 Å². The summed E-state index contributed by atoms with van der Waals surface area (Å²) in [4.78, 5) is 13.0. The lowest BCUT2D eigenvalue weighted by Crippen LogP contribution is -3.15. The van der Waals surface area contributed by atoms with E-state index in [1.807, 2.05) is 42.5 Å². The zero-order chi connectivity index (χ0) is 19.4. The van der Waals surface area contributed by atoms with Gasteiger partial charge in [0.1, 0.15) is 5.75 Å². The average molecular weight is 386 g/mol. The number of rotatable bonds is 6. The monoisotopic (exact) mass is 385 g/mol. The van der Waals surface area contributed by atoms with Gasteiger partial charge in [-0.15, -0.1) is 0 Å². The van der Waals surface area contributed by atoms with E-state index in [1.54, 1.807) is 6.07 Å². The summed E-state index contributed by atoms with van der Waals surface area (Å²) in [7, 11) is 0. The number of carbonyl (C=O) groups excluding carboxylic acids is 1. The number of phenolic OH excluding ortho intramolecular Hbond substituents is 1. The van der Waals surface area contributed by atoms with Crippen LogP contribution < -0.4 is 10.0 Å². The fourth-order valence-corrected chi connectivity index (χ4v) is 4.40. The summed E-state index contributed by atoms with van der Waals surface area (Å²) >= 11 is 0. The number of nitrogens with one attached hydrogen (secondary N) is 1. The van der Waals surface area contributed by atoms with Crippen LogP contribution in [0, 0.1) is 11.8 Å². The Kier molecular flexibility index (Phi) is 7.22. The second kappa shape index (κ2) is 9.22. The molecule has 4 atom stereocenters. The number of aliphatic carboxylic acids is 1. The molecule has 4 N–H and O–H groups in total. The zero-order valence-electron chi connectivity index (χ0n) is 16.7. The minimum atomic E-state index is -0.958. The third-order valence-corrected chi connectivity index (χ3v) is 6.38. The van der Waals surface area contributed by atoms with E-state index in [9.17, 15) is 15.0 Å². The molecule has 28 heavy (non-hydrogen) atoms. The number of aromatic hydroxyl groups is 1. The molecule has 1 aliphatic heterocycles. The Morgan fingerprint density at radius 1 is 1.25 bits per heavy atom. The molecule has 2 aromatic rings. The van der Waals surface area contributed by atoms with Gasteiger partial charge in [0.25, 0.3) is 0 Å². The Bertz CT molecular complexity index is 779. The summed E-state index contributed by atoms with van der Waals surface area (Å²) in [5.74, 6) is -0.738. The molecule has 0 spiro atoms. The Labute approximate surface area is 166 Å². The number of quaternary nitrogens is 1. The van der Waals surface area contributed by atoms with E-state index in [4.69, 9.17) is 0 Å². The largest absolute Gasteiger partial charge is 0.550 e. The molecule has 0 radical (unpaired) electrons. The number of carboxylic acid groups (broad SMARTS) is 1. The molecule has 0 aromatic heterocycles. The van der Waals surface area contributed by atoms with Crippen LogP contribution in [0.5, 0.6) is 5.75 Å². The molecule has 1 heterocycles. The summed E-state index contributed by atoms with van der Waals surface area (Å²) in [5.41, 5.74) is 2.20. The summed E-state index contributed by atoms with van der Waals surface area (Å²) in [5, 5.41) is 21.5. The molecule has 1 unspecified atom stereocenters. The number of hydrogen-bond donors (Lipinski definition) is 2. The van der Waals surface area contributed by atoms with Crippen LogP contribution in [0.3, 0.4) is 0 Å². The summed E-state index contributed by atoms with van der Waals surface area (Å²) in [6.07, 6.45) is 1.49. The second-order valence-electron chi connectivity index (χ2n) is 8.23. The lowest BCUT2D eigenvalue weighted by Gasteiger charge is -2.43. The van der Waals surface area contributed by atoms with Gasteiger partial charge in [-0.25, -0.2) is 0 Å². The number of hydrogen-bond acceptors (Lipinski definition) is 3. The summed E-state index contributed by atoms with van der Waals surface area (Å²) < 4.78 is 0. The molecule has 0 aliphatic carbocycles. The van der Waals surface area contributed by atoms with E-state index in [0.717, 1.165) is 30.6 Å². The van der Waals surface area contributed by atoms with E-state index in [2.05, 4.69) is 19.9 Å². The summed E-state index contributed by atoms with van der Waals surface area (Å²) in [6, 6.07) is 17.3. The van der Waals surface area contributed by atoms with E-state index in [0.29, 0.717) is 24.6 Å². The smallest absolute Gasteiger partial charge is 0.115 e. The maximum absolute atomic E-state index is 11.7. The van der Waals surface area contributed by atoms with Crippen molar-refractivity contribution in [1.29, 1.82) is 0 Å². The first-order chi connectivity index (χ1) is 12.9. The number of piperidine rings is 1. The van der Waals surface area contributed by atoms with Gasteiger partial charge in [0.2, 0.25) is 0 Å². The van der Waals surface area contributed by atoms with Gasteiger partial charge < -0.3 is 25.4 Å². The topological polar surface area (TPSA) is 96.3 Å². The normalized spacial score (nSPS) is 25.5. The molecular weight excluding hydrogens is 354 g/mol. The molecular formula is C23H31NO4. The quantitative estimate of drug-likeness (QED) is 0.751. The fourth-order valence-electron chi connectivity index (χ4n) is 4.40. The van der Waals surface area contributed by atoms with Crippen LogP contribution in [0.2, 0.25) is 0 Å². The van der Waals surface area contributed by atoms with E-state index < -0.39 is 11.9 Å². The van der Waals surface area contributed by atoms with Crippen molar-refractivity contribution in [2.24, 2.45) is 11.8 Å². The Morgan fingerprint density at radius 2 is 1.96 bits per heavy atom. The second-order valence-corrected chi connectivity index (χ2v) is 8.23. The number of likely N-dealkylation sites (tertiary alicyclic amines) is 1. The Balaban J connectivity index is 0.00000280. The molecule has 152 valence electrons. The van der Waals surface area contributed by atoms with Gasteiger partial charge in [-0.2, -0.15) is 0 Å². The Morgan fingerprint density at radius 3 is 2.57 bits per heavy atom. The van der Waals surface area contributed by atoms with Crippen LogP contribution in [0.15, 0.2) is 54.6 Å². The molecule has 5 nitrogen and oxygen atoms in total. The molecule has 0 amide bonds. The first kappa shape index (κ1) is 21.9. The predicted molar refractivity (Wildman–Crippen MR) is 107 cm³/mol. The van der Waals surface area contributed by atoms with Crippen molar-refractivity contribution in [2.45, 2.75) is 32.1 Å².